The van der Waals surface area contributed by atoms with Gasteiger partial charge in [0.2, 0.25) is 0 Å². The molecule has 0 radical (unpaired) electrons. The molecule has 0 aliphatic carbocycles. The van der Waals surface area contributed by atoms with Crippen molar-refractivity contribution in [3.8, 4) is 0 Å². The predicted octanol–water partition coefficient (Wildman–Crippen LogP) is -1.62. The lowest BCUT2D eigenvalue weighted by molar-refractivity contribution is -0.161. The van der Waals surface area contributed by atoms with Gasteiger partial charge in [-0.25, -0.2) is 4.79 Å². The Kier molecular flexibility index (Phi) is 2.56. The summed E-state index contributed by atoms with van der Waals surface area (Å²) in [5.41, 5.74) is 4.93. The zero-order chi connectivity index (χ0) is 8.27. The summed E-state index contributed by atoms with van der Waals surface area (Å²) in [5, 5.41) is 2.81. The Morgan fingerprint density at radius 2 is 2.27 bits per heavy atom. The molecule has 0 bridgehead atoms. The Hall–Kier alpha value is -0.940. The number of carbonyl (C=O) groups excluding carboxylic acids is 2. The van der Waals surface area contributed by atoms with E-state index in [0.717, 1.165) is 13.0 Å². The summed E-state index contributed by atoms with van der Waals surface area (Å²) >= 11 is 0. The fourth-order valence-corrected chi connectivity index (χ4v) is 0.715. The van der Waals surface area contributed by atoms with Crippen molar-refractivity contribution >= 4 is 11.9 Å². The quantitative estimate of drug-likeness (QED) is 0.373. The van der Waals surface area contributed by atoms with Gasteiger partial charge in [-0.15, -0.1) is 0 Å². The molecular weight excluding hydrogens is 148 g/mol. The van der Waals surface area contributed by atoms with Crippen molar-refractivity contribution in [2.45, 2.75) is 12.5 Å². The largest absolute Gasteiger partial charge is 0.391 e. The molecule has 1 aliphatic heterocycles. The maximum absolute atomic E-state index is 10.8. The van der Waals surface area contributed by atoms with Gasteiger partial charge < -0.3 is 15.8 Å². The molecule has 0 saturated carbocycles. The topological polar surface area (TPSA) is 81.4 Å². The summed E-state index contributed by atoms with van der Waals surface area (Å²) in [6.45, 7) is 0.551. The summed E-state index contributed by atoms with van der Waals surface area (Å²) < 4.78 is 4.34. The molecule has 1 unspecified atom stereocenters. The van der Waals surface area contributed by atoms with Crippen LogP contribution in [0.15, 0.2) is 0 Å². The fourth-order valence-electron chi connectivity index (χ4n) is 0.715. The number of esters is 2. The molecule has 3 N–H and O–H groups in total. The van der Waals surface area contributed by atoms with Crippen LogP contribution in [0.2, 0.25) is 0 Å². The summed E-state index contributed by atoms with van der Waals surface area (Å²) in [5.74, 6) is -1.20. The Morgan fingerprint density at radius 1 is 1.64 bits per heavy atom. The highest BCUT2D eigenvalue weighted by atomic mass is 16.6. The highest BCUT2D eigenvalue weighted by molar-refractivity contribution is 5.89. The Balaban J connectivity index is 2.25. The summed E-state index contributed by atoms with van der Waals surface area (Å²) in [4.78, 5) is 21.3. The van der Waals surface area contributed by atoms with E-state index in [2.05, 4.69) is 10.1 Å². The van der Waals surface area contributed by atoms with E-state index in [9.17, 15) is 9.59 Å². The maximum Gasteiger partial charge on any atom is 0.330 e. The van der Waals surface area contributed by atoms with Gasteiger partial charge in [0.05, 0.1) is 6.54 Å². The average Bonchev–Trinajstić information content (AvgIpc) is 1.83. The van der Waals surface area contributed by atoms with E-state index in [1.165, 1.54) is 0 Å². The monoisotopic (exact) mass is 158 g/mol. The first-order chi connectivity index (χ1) is 5.24. The van der Waals surface area contributed by atoms with Gasteiger partial charge in [-0.1, -0.05) is 0 Å². The van der Waals surface area contributed by atoms with E-state index in [-0.39, 0.29) is 12.6 Å². The van der Waals surface area contributed by atoms with Gasteiger partial charge in [0.15, 0.2) is 0 Å². The maximum atomic E-state index is 10.8. The van der Waals surface area contributed by atoms with E-state index in [4.69, 9.17) is 5.73 Å². The molecule has 11 heavy (non-hydrogen) atoms. The van der Waals surface area contributed by atoms with Gasteiger partial charge in [-0.05, 0) is 13.0 Å². The minimum Gasteiger partial charge on any atom is -0.391 e. The molecule has 1 atom stereocenters. The Labute approximate surface area is 63.9 Å². The zero-order valence-electron chi connectivity index (χ0n) is 6.00. The number of nitrogens with two attached hydrogens (primary N) is 1. The van der Waals surface area contributed by atoms with Gasteiger partial charge in [0, 0.05) is 0 Å². The zero-order valence-corrected chi connectivity index (χ0v) is 6.00. The van der Waals surface area contributed by atoms with Crippen LogP contribution < -0.4 is 11.1 Å². The molecule has 0 aromatic heterocycles. The SMILES string of the molecule is NCC(=O)OC(=O)C1CCN1. The van der Waals surface area contributed by atoms with Crippen molar-refractivity contribution in [1.82, 2.24) is 5.32 Å². The van der Waals surface area contributed by atoms with Crippen molar-refractivity contribution in [1.29, 1.82) is 0 Å². The normalized spacial score (nSPS) is 22.1. The van der Waals surface area contributed by atoms with Crippen LogP contribution >= 0.6 is 0 Å². The van der Waals surface area contributed by atoms with Crippen molar-refractivity contribution in [3.05, 3.63) is 0 Å². The molecule has 1 heterocycles. The molecule has 1 saturated heterocycles. The van der Waals surface area contributed by atoms with Crippen LogP contribution in [0.4, 0.5) is 0 Å². The van der Waals surface area contributed by atoms with Gasteiger partial charge in [-0.3, -0.25) is 4.79 Å². The first-order valence-electron chi connectivity index (χ1n) is 3.42. The van der Waals surface area contributed by atoms with Gasteiger partial charge in [0.1, 0.15) is 6.04 Å². The third-order valence-corrected chi connectivity index (χ3v) is 1.49. The number of hydrogen-bond acceptors (Lipinski definition) is 5. The number of hydrogen-bond donors (Lipinski definition) is 2. The molecular formula is C6H10N2O3. The van der Waals surface area contributed by atoms with Crippen LogP contribution in [-0.4, -0.2) is 31.1 Å². The molecule has 1 aliphatic rings. The van der Waals surface area contributed by atoms with Crippen LogP contribution in [0, 0.1) is 0 Å². The first kappa shape index (κ1) is 8.16. The van der Waals surface area contributed by atoms with E-state index in [1.807, 2.05) is 0 Å². The predicted molar refractivity (Wildman–Crippen MR) is 36.6 cm³/mol. The number of rotatable bonds is 2. The number of ether oxygens (including phenoxy) is 1. The van der Waals surface area contributed by atoms with Crippen LogP contribution in [0.3, 0.4) is 0 Å². The minimum atomic E-state index is -0.677. The van der Waals surface area contributed by atoms with Crippen molar-refractivity contribution in [2.24, 2.45) is 5.73 Å². The van der Waals surface area contributed by atoms with Crippen LogP contribution in [0.5, 0.6) is 0 Å². The molecule has 1 fully saturated rings. The van der Waals surface area contributed by atoms with Gasteiger partial charge in [0.25, 0.3) is 0 Å². The smallest absolute Gasteiger partial charge is 0.330 e. The molecule has 1 rings (SSSR count). The standard InChI is InChI=1S/C6H10N2O3/c7-3-5(9)11-6(10)4-1-2-8-4/h4,8H,1-3,7H2. The van der Waals surface area contributed by atoms with Crippen molar-refractivity contribution in [3.63, 3.8) is 0 Å². The summed E-state index contributed by atoms with van der Waals surface area (Å²) in [6.07, 6.45) is 0.733. The van der Waals surface area contributed by atoms with Crippen molar-refractivity contribution in [2.75, 3.05) is 13.1 Å². The van der Waals surface area contributed by atoms with Crippen LogP contribution in [0.1, 0.15) is 6.42 Å². The van der Waals surface area contributed by atoms with Gasteiger partial charge >= 0.3 is 11.9 Å². The summed E-state index contributed by atoms with van der Waals surface area (Å²) in [7, 11) is 0. The molecule has 0 amide bonds. The highest BCUT2D eigenvalue weighted by Gasteiger charge is 2.27. The molecule has 5 nitrogen and oxygen atoms in total. The number of nitrogens with one attached hydrogen (secondary N) is 1. The average molecular weight is 158 g/mol. The molecule has 5 heteroatoms. The third kappa shape index (κ3) is 1.99. The third-order valence-electron chi connectivity index (χ3n) is 1.49. The second-order valence-electron chi connectivity index (χ2n) is 2.29. The lowest BCUT2D eigenvalue weighted by Crippen LogP contribution is -2.50. The highest BCUT2D eigenvalue weighted by Crippen LogP contribution is 2.03. The molecule has 0 aromatic rings. The fraction of sp³-hybridized carbons (Fsp3) is 0.667. The van der Waals surface area contributed by atoms with Crippen LogP contribution in [0.25, 0.3) is 0 Å². The minimum absolute atomic E-state index is 0.252. The van der Waals surface area contributed by atoms with Crippen molar-refractivity contribution < 1.29 is 14.3 Å². The first-order valence-corrected chi connectivity index (χ1v) is 3.42. The Bertz CT molecular complexity index is 177. The summed E-state index contributed by atoms with van der Waals surface area (Å²) in [6, 6.07) is -0.300. The van der Waals surface area contributed by atoms with E-state index >= 15 is 0 Å². The lowest BCUT2D eigenvalue weighted by atomic mass is 10.1. The second kappa shape index (κ2) is 3.45. The molecule has 0 aromatic carbocycles. The van der Waals surface area contributed by atoms with E-state index in [0.29, 0.717) is 0 Å². The van der Waals surface area contributed by atoms with E-state index in [1.54, 1.807) is 0 Å². The second-order valence-corrected chi connectivity index (χ2v) is 2.29. The van der Waals surface area contributed by atoms with Gasteiger partial charge in [-0.2, -0.15) is 0 Å². The Morgan fingerprint density at radius 3 is 2.64 bits per heavy atom. The van der Waals surface area contributed by atoms with Crippen LogP contribution in [-0.2, 0) is 14.3 Å². The lowest BCUT2D eigenvalue weighted by Gasteiger charge is -2.24. The molecule has 0 spiro atoms. The van der Waals surface area contributed by atoms with E-state index < -0.39 is 11.9 Å². The number of carbonyl (C=O) groups is 2. The molecule has 62 valence electrons.